The van der Waals surface area contributed by atoms with Crippen molar-refractivity contribution in [3.63, 3.8) is 0 Å². The van der Waals surface area contributed by atoms with E-state index < -0.39 is 0 Å². The van der Waals surface area contributed by atoms with Gasteiger partial charge in [-0.3, -0.25) is 0 Å². The third-order valence-corrected chi connectivity index (χ3v) is 3.75. The van der Waals surface area contributed by atoms with Gasteiger partial charge >= 0.3 is 0 Å². The highest BCUT2D eigenvalue weighted by Gasteiger charge is 2.08. The van der Waals surface area contributed by atoms with Crippen molar-refractivity contribution >= 4 is 11.1 Å². The van der Waals surface area contributed by atoms with Crippen molar-refractivity contribution in [3.8, 4) is 0 Å². The molecule has 1 aromatic carbocycles. The molecule has 0 unspecified atom stereocenters. The maximum atomic E-state index is 2.21. The van der Waals surface area contributed by atoms with E-state index in [-0.39, 0.29) is 0 Å². The van der Waals surface area contributed by atoms with Gasteiger partial charge in [0.05, 0.1) is 0 Å². The zero-order chi connectivity index (χ0) is 15.1. The molecule has 0 nitrogen and oxygen atoms in total. The summed E-state index contributed by atoms with van der Waals surface area (Å²) < 4.78 is 0. The lowest BCUT2D eigenvalue weighted by atomic mass is 9.91. The third kappa shape index (κ3) is 3.84. The second kappa shape index (κ2) is 7.69. The van der Waals surface area contributed by atoms with Crippen LogP contribution in [0.3, 0.4) is 0 Å². The molecule has 0 aliphatic carbocycles. The lowest BCUT2D eigenvalue weighted by Gasteiger charge is -2.14. The van der Waals surface area contributed by atoms with E-state index in [0.29, 0.717) is 0 Å². The highest BCUT2D eigenvalue weighted by molar-refractivity contribution is 5.81. The maximum Gasteiger partial charge on any atom is -0.0149 e. The zero-order valence-corrected chi connectivity index (χ0v) is 13.6. The summed E-state index contributed by atoms with van der Waals surface area (Å²) in [5.41, 5.74) is 7.96. The van der Waals surface area contributed by atoms with Gasteiger partial charge in [0.2, 0.25) is 0 Å². The molecule has 1 rings (SSSR count). The quantitative estimate of drug-likeness (QED) is 0.551. The first-order valence-electron chi connectivity index (χ1n) is 7.23. The Hall–Kier alpha value is -1.82. The molecule has 0 aliphatic heterocycles. The SMILES string of the molecule is C/C=C\C(C)=C(/C)c1ccccc1/C(C)=C(C)/C=C\C. The topological polar surface area (TPSA) is 0 Å². The minimum Gasteiger partial charge on any atom is -0.0874 e. The smallest absolute Gasteiger partial charge is 0.0149 e. The van der Waals surface area contributed by atoms with E-state index in [4.69, 9.17) is 0 Å². The summed E-state index contributed by atoms with van der Waals surface area (Å²) in [7, 11) is 0. The van der Waals surface area contributed by atoms with Crippen LogP contribution in [0.15, 0.2) is 59.7 Å². The predicted molar refractivity (Wildman–Crippen MR) is 92.6 cm³/mol. The second-order valence-electron chi connectivity index (χ2n) is 5.16. The molecule has 0 bridgehead atoms. The van der Waals surface area contributed by atoms with Crippen LogP contribution in [-0.2, 0) is 0 Å². The molecule has 0 N–H and O–H groups in total. The molecule has 20 heavy (non-hydrogen) atoms. The first kappa shape index (κ1) is 16.2. The Morgan fingerprint density at radius 2 is 1.05 bits per heavy atom. The minimum absolute atomic E-state index is 1.32. The average Bonchev–Trinajstić information content (AvgIpc) is 2.46. The van der Waals surface area contributed by atoms with Crippen molar-refractivity contribution in [1.82, 2.24) is 0 Å². The first-order chi connectivity index (χ1) is 9.52. The fourth-order valence-electron chi connectivity index (χ4n) is 2.31. The van der Waals surface area contributed by atoms with Crippen molar-refractivity contribution in [2.75, 3.05) is 0 Å². The Bertz CT molecular complexity index is 525. The molecular weight excluding hydrogens is 240 g/mol. The van der Waals surface area contributed by atoms with Crippen LogP contribution >= 0.6 is 0 Å². The highest BCUT2D eigenvalue weighted by atomic mass is 14.1. The summed E-state index contributed by atoms with van der Waals surface area (Å²) in [5.74, 6) is 0. The standard InChI is InChI=1S/C20H26/c1-7-11-15(3)17(5)19-13-9-10-14-20(19)18(6)16(4)12-8-2/h7-14H,1-6H3/b11-7-,12-8-,17-15+,18-16+. The second-order valence-corrected chi connectivity index (χ2v) is 5.16. The van der Waals surface area contributed by atoms with E-state index in [1.165, 1.54) is 33.4 Å². The summed E-state index contributed by atoms with van der Waals surface area (Å²) in [5, 5.41) is 0. The van der Waals surface area contributed by atoms with Crippen LogP contribution < -0.4 is 0 Å². The maximum absolute atomic E-state index is 2.21. The fraction of sp³-hybridized carbons (Fsp3) is 0.300. The van der Waals surface area contributed by atoms with Crippen LogP contribution in [0.5, 0.6) is 0 Å². The van der Waals surface area contributed by atoms with Gasteiger partial charge in [-0.15, -0.1) is 0 Å². The van der Waals surface area contributed by atoms with Gasteiger partial charge in [-0.25, -0.2) is 0 Å². The van der Waals surface area contributed by atoms with Gasteiger partial charge in [-0.2, -0.15) is 0 Å². The van der Waals surface area contributed by atoms with Gasteiger partial charge in [0.15, 0.2) is 0 Å². The summed E-state index contributed by atoms with van der Waals surface area (Å²) in [6.07, 6.45) is 8.53. The Balaban J connectivity index is 3.47. The van der Waals surface area contributed by atoms with Crippen LogP contribution in [0.2, 0.25) is 0 Å². The van der Waals surface area contributed by atoms with Gasteiger partial charge in [-0.05, 0) is 75.0 Å². The third-order valence-electron chi connectivity index (χ3n) is 3.75. The number of rotatable bonds is 4. The Labute approximate surface area is 124 Å². The lowest BCUT2D eigenvalue weighted by Crippen LogP contribution is -1.92. The molecule has 0 heterocycles. The lowest BCUT2D eigenvalue weighted by molar-refractivity contribution is 1.39. The van der Waals surface area contributed by atoms with Crippen LogP contribution in [0.4, 0.5) is 0 Å². The van der Waals surface area contributed by atoms with Crippen molar-refractivity contribution in [1.29, 1.82) is 0 Å². The van der Waals surface area contributed by atoms with E-state index in [1.54, 1.807) is 0 Å². The number of allylic oxidation sites excluding steroid dienone is 8. The number of hydrogen-bond donors (Lipinski definition) is 0. The molecule has 0 heteroatoms. The molecule has 0 atom stereocenters. The molecule has 1 aromatic rings. The Morgan fingerprint density at radius 3 is 1.35 bits per heavy atom. The van der Waals surface area contributed by atoms with Gasteiger partial charge < -0.3 is 0 Å². The van der Waals surface area contributed by atoms with Gasteiger partial charge in [0, 0.05) is 0 Å². The molecule has 0 fully saturated rings. The van der Waals surface area contributed by atoms with E-state index >= 15 is 0 Å². The molecule has 0 aromatic heterocycles. The summed E-state index contributed by atoms with van der Waals surface area (Å²) >= 11 is 0. The number of benzene rings is 1. The van der Waals surface area contributed by atoms with Crippen molar-refractivity contribution in [2.24, 2.45) is 0 Å². The molecule has 0 saturated heterocycles. The summed E-state index contributed by atoms with van der Waals surface area (Å²) in [4.78, 5) is 0. The fourth-order valence-corrected chi connectivity index (χ4v) is 2.31. The largest absolute Gasteiger partial charge is 0.0874 e. The monoisotopic (exact) mass is 266 g/mol. The average molecular weight is 266 g/mol. The van der Waals surface area contributed by atoms with Crippen molar-refractivity contribution in [3.05, 3.63) is 70.8 Å². The molecule has 0 saturated carbocycles. The van der Waals surface area contributed by atoms with Crippen molar-refractivity contribution < 1.29 is 0 Å². The Kier molecular flexibility index (Phi) is 6.24. The summed E-state index contributed by atoms with van der Waals surface area (Å²) in [6.45, 7) is 12.9. The molecule has 0 aliphatic rings. The van der Waals surface area contributed by atoms with Crippen molar-refractivity contribution in [2.45, 2.75) is 41.5 Å². The van der Waals surface area contributed by atoms with Gasteiger partial charge in [0.1, 0.15) is 0 Å². The highest BCUT2D eigenvalue weighted by Crippen LogP contribution is 2.29. The first-order valence-corrected chi connectivity index (χ1v) is 7.23. The molecule has 106 valence electrons. The van der Waals surface area contributed by atoms with Crippen LogP contribution in [0, 0.1) is 0 Å². The number of hydrogen-bond acceptors (Lipinski definition) is 0. The molecule has 0 spiro atoms. The molecular formula is C20H26. The Morgan fingerprint density at radius 1 is 0.700 bits per heavy atom. The van der Waals surface area contributed by atoms with Crippen LogP contribution in [0.1, 0.15) is 52.7 Å². The van der Waals surface area contributed by atoms with E-state index in [2.05, 4.69) is 90.1 Å². The predicted octanol–water partition coefficient (Wildman–Crippen LogP) is 6.43. The summed E-state index contributed by atoms with van der Waals surface area (Å²) in [6, 6.07) is 8.65. The molecule has 0 radical (unpaired) electrons. The minimum atomic E-state index is 1.32. The van der Waals surface area contributed by atoms with Gasteiger partial charge in [0.25, 0.3) is 0 Å². The van der Waals surface area contributed by atoms with E-state index in [9.17, 15) is 0 Å². The van der Waals surface area contributed by atoms with Gasteiger partial charge in [-0.1, -0.05) is 48.6 Å². The normalized spacial score (nSPS) is 14.7. The van der Waals surface area contributed by atoms with Crippen LogP contribution in [0.25, 0.3) is 11.1 Å². The zero-order valence-electron chi connectivity index (χ0n) is 13.6. The van der Waals surface area contributed by atoms with Crippen LogP contribution in [-0.4, -0.2) is 0 Å². The van der Waals surface area contributed by atoms with E-state index in [1.807, 2.05) is 0 Å². The van der Waals surface area contributed by atoms with E-state index in [0.717, 1.165) is 0 Å². The molecule has 0 amide bonds.